The second kappa shape index (κ2) is 5.76. The first-order valence-electron chi connectivity index (χ1n) is 5.88. The van der Waals surface area contributed by atoms with E-state index in [1.165, 1.54) is 14.2 Å². The normalized spacial score (nSPS) is 10.6. The molecular weight excluding hydrogens is 308 g/mol. The summed E-state index contributed by atoms with van der Waals surface area (Å²) in [6.45, 7) is 3.03. The van der Waals surface area contributed by atoms with Gasteiger partial charge in [-0.3, -0.25) is 0 Å². The highest BCUT2D eigenvalue weighted by molar-refractivity contribution is 9.11. The number of nitrogens with zero attached hydrogens (tertiary/aromatic N) is 1. The van der Waals surface area contributed by atoms with Crippen LogP contribution < -0.4 is 10.6 Å². The number of hydrogen-bond donors (Lipinski definition) is 1. The Balaban J connectivity index is 2.01. The highest BCUT2D eigenvalue weighted by Crippen LogP contribution is 2.25. The standard InChI is InChI=1S/C14H17BrN2S/c1-10-3-5-13(12(16)9-10)17(2)8-7-11-4-6-14(15)18-11/h3-6,9H,7-8,16H2,1-2H3. The lowest BCUT2D eigenvalue weighted by molar-refractivity contribution is 0.888. The molecule has 0 amide bonds. The molecule has 0 aliphatic carbocycles. The van der Waals surface area contributed by atoms with Gasteiger partial charge in [0.15, 0.2) is 0 Å². The molecule has 4 heteroatoms. The predicted molar refractivity (Wildman–Crippen MR) is 84.6 cm³/mol. The van der Waals surface area contributed by atoms with Crippen LogP contribution in [-0.2, 0) is 6.42 Å². The van der Waals surface area contributed by atoms with Gasteiger partial charge in [0.1, 0.15) is 0 Å². The Morgan fingerprint density at radius 1 is 1.28 bits per heavy atom. The Morgan fingerprint density at radius 2 is 2.06 bits per heavy atom. The minimum Gasteiger partial charge on any atom is -0.397 e. The number of likely N-dealkylation sites (N-methyl/N-ethyl adjacent to an activating group) is 1. The van der Waals surface area contributed by atoms with E-state index in [1.807, 2.05) is 6.07 Å². The zero-order valence-electron chi connectivity index (χ0n) is 10.6. The Labute approximate surface area is 121 Å². The van der Waals surface area contributed by atoms with Crippen molar-refractivity contribution in [1.82, 2.24) is 0 Å². The zero-order chi connectivity index (χ0) is 13.1. The third-order valence-corrected chi connectivity index (χ3v) is 4.60. The van der Waals surface area contributed by atoms with Crippen LogP contribution in [0.1, 0.15) is 10.4 Å². The van der Waals surface area contributed by atoms with E-state index in [9.17, 15) is 0 Å². The third-order valence-electron chi connectivity index (χ3n) is 2.92. The number of nitrogen functional groups attached to an aromatic ring is 1. The molecule has 0 radical (unpaired) electrons. The number of halogens is 1. The molecule has 1 aromatic carbocycles. The van der Waals surface area contributed by atoms with E-state index >= 15 is 0 Å². The van der Waals surface area contributed by atoms with Crippen molar-refractivity contribution in [3.05, 3.63) is 44.6 Å². The molecule has 0 unspecified atom stereocenters. The molecule has 0 aliphatic heterocycles. The number of nitrogens with two attached hydrogens (primary N) is 1. The summed E-state index contributed by atoms with van der Waals surface area (Å²) in [5, 5.41) is 0. The van der Waals surface area contributed by atoms with Crippen LogP contribution in [0.3, 0.4) is 0 Å². The maximum absolute atomic E-state index is 6.05. The van der Waals surface area contributed by atoms with Gasteiger partial charge in [-0.25, -0.2) is 0 Å². The molecule has 2 N–H and O–H groups in total. The Bertz CT molecular complexity index is 536. The molecule has 0 bridgehead atoms. The molecule has 18 heavy (non-hydrogen) atoms. The summed E-state index contributed by atoms with van der Waals surface area (Å²) in [5.74, 6) is 0. The quantitative estimate of drug-likeness (QED) is 0.858. The van der Waals surface area contributed by atoms with Gasteiger partial charge in [0.05, 0.1) is 15.2 Å². The molecule has 0 fully saturated rings. The topological polar surface area (TPSA) is 29.3 Å². The van der Waals surface area contributed by atoms with Crippen molar-refractivity contribution in [1.29, 1.82) is 0 Å². The van der Waals surface area contributed by atoms with Crippen LogP contribution in [0.5, 0.6) is 0 Å². The summed E-state index contributed by atoms with van der Waals surface area (Å²) in [5.41, 5.74) is 9.21. The molecule has 0 aliphatic rings. The van der Waals surface area contributed by atoms with Gasteiger partial charge < -0.3 is 10.6 Å². The Hall–Kier alpha value is -1.000. The van der Waals surface area contributed by atoms with Gasteiger partial charge in [-0.15, -0.1) is 11.3 Å². The molecule has 1 aromatic heterocycles. The van der Waals surface area contributed by atoms with Crippen LogP contribution >= 0.6 is 27.3 Å². The molecule has 2 rings (SSSR count). The van der Waals surface area contributed by atoms with Crippen LogP contribution in [0.2, 0.25) is 0 Å². The van der Waals surface area contributed by atoms with Crippen molar-refractivity contribution in [3.8, 4) is 0 Å². The number of benzene rings is 1. The molecule has 2 nitrogen and oxygen atoms in total. The Morgan fingerprint density at radius 3 is 2.67 bits per heavy atom. The van der Waals surface area contributed by atoms with Crippen molar-refractivity contribution >= 4 is 38.6 Å². The van der Waals surface area contributed by atoms with E-state index in [0.717, 1.165) is 24.3 Å². The maximum Gasteiger partial charge on any atom is 0.0701 e. The van der Waals surface area contributed by atoms with Crippen LogP contribution in [0.25, 0.3) is 0 Å². The molecule has 0 spiro atoms. The lowest BCUT2D eigenvalue weighted by atomic mass is 10.2. The first kappa shape index (κ1) is 13.4. The molecule has 0 saturated carbocycles. The van der Waals surface area contributed by atoms with Crippen molar-refractivity contribution < 1.29 is 0 Å². The molecule has 96 valence electrons. The van der Waals surface area contributed by atoms with Crippen molar-refractivity contribution in [2.24, 2.45) is 0 Å². The fourth-order valence-electron chi connectivity index (χ4n) is 1.91. The number of rotatable bonds is 4. The molecule has 2 aromatic rings. The average molecular weight is 325 g/mol. The van der Waals surface area contributed by atoms with Crippen LogP contribution in [0.4, 0.5) is 11.4 Å². The first-order chi connectivity index (χ1) is 8.56. The summed E-state index contributed by atoms with van der Waals surface area (Å²) in [7, 11) is 2.09. The summed E-state index contributed by atoms with van der Waals surface area (Å²) in [6, 6.07) is 10.5. The van der Waals surface area contributed by atoms with Gasteiger partial charge in [-0.1, -0.05) is 6.07 Å². The average Bonchev–Trinajstić information content (AvgIpc) is 2.72. The van der Waals surface area contributed by atoms with E-state index in [1.54, 1.807) is 11.3 Å². The van der Waals surface area contributed by atoms with E-state index in [4.69, 9.17) is 5.73 Å². The van der Waals surface area contributed by atoms with E-state index in [-0.39, 0.29) is 0 Å². The van der Waals surface area contributed by atoms with Crippen molar-refractivity contribution in [3.63, 3.8) is 0 Å². The van der Waals surface area contributed by atoms with Crippen LogP contribution in [-0.4, -0.2) is 13.6 Å². The number of anilines is 2. The monoisotopic (exact) mass is 324 g/mol. The van der Waals surface area contributed by atoms with Crippen LogP contribution in [0, 0.1) is 6.92 Å². The fourth-order valence-corrected chi connectivity index (χ4v) is 3.38. The number of hydrogen-bond acceptors (Lipinski definition) is 3. The SMILES string of the molecule is Cc1ccc(N(C)CCc2ccc(Br)s2)c(N)c1. The van der Waals surface area contributed by atoms with E-state index < -0.39 is 0 Å². The number of aryl methyl sites for hydroxylation is 1. The largest absolute Gasteiger partial charge is 0.397 e. The second-order valence-corrected chi connectivity index (χ2v) is 6.99. The van der Waals surface area contributed by atoms with Gasteiger partial charge in [0.25, 0.3) is 0 Å². The molecular formula is C14H17BrN2S. The van der Waals surface area contributed by atoms with Gasteiger partial charge >= 0.3 is 0 Å². The third kappa shape index (κ3) is 3.27. The lowest BCUT2D eigenvalue weighted by Crippen LogP contribution is -2.21. The molecule has 0 atom stereocenters. The minimum absolute atomic E-state index is 0.852. The van der Waals surface area contributed by atoms with Crippen LogP contribution in [0.15, 0.2) is 34.1 Å². The van der Waals surface area contributed by atoms with Crippen molar-refractivity contribution in [2.75, 3.05) is 24.2 Å². The van der Waals surface area contributed by atoms with Gasteiger partial charge in [0.2, 0.25) is 0 Å². The fraction of sp³-hybridized carbons (Fsp3) is 0.286. The van der Waals surface area contributed by atoms with Gasteiger partial charge in [0, 0.05) is 18.5 Å². The highest BCUT2D eigenvalue weighted by Gasteiger charge is 2.06. The second-order valence-electron chi connectivity index (χ2n) is 4.44. The summed E-state index contributed by atoms with van der Waals surface area (Å²) in [4.78, 5) is 3.60. The van der Waals surface area contributed by atoms with E-state index in [0.29, 0.717) is 0 Å². The predicted octanol–water partition coefficient (Wildman–Crippen LogP) is 4.08. The first-order valence-corrected chi connectivity index (χ1v) is 7.48. The summed E-state index contributed by atoms with van der Waals surface area (Å²) >= 11 is 5.28. The van der Waals surface area contributed by atoms with Gasteiger partial charge in [-0.05, 0) is 59.1 Å². The summed E-state index contributed by atoms with van der Waals surface area (Å²) < 4.78 is 1.19. The Kier molecular flexibility index (Phi) is 4.30. The maximum atomic E-state index is 6.05. The molecule has 0 saturated heterocycles. The minimum atomic E-state index is 0.852. The van der Waals surface area contributed by atoms with E-state index in [2.05, 4.69) is 59.1 Å². The molecule has 1 heterocycles. The zero-order valence-corrected chi connectivity index (χ0v) is 13.0. The summed E-state index contributed by atoms with van der Waals surface area (Å²) in [6.07, 6.45) is 1.04. The highest BCUT2D eigenvalue weighted by atomic mass is 79.9. The smallest absolute Gasteiger partial charge is 0.0701 e. The number of thiophene rings is 1. The lowest BCUT2D eigenvalue weighted by Gasteiger charge is -2.21. The van der Waals surface area contributed by atoms with Gasteiger partial charge in [-0.2, -0.15) is 0 Å². The van der Waals surface area contributed by atoms with Crippen molar-refractivity contribution in [2.45, 2.75) is 13.3 Å².